The van der Waals surface area contributed by atoms with Gasteiger partial charge in [-0.1, -0.05) is 30.3 Å². The van der Waals surface area contributed by atoms with Crippen LogP contribution in [0.3, 0.4) is 0 Å². The minimum absolute atomic E-state index is 0.292. The van der Waals surface area contributed by atoms with E-state index < -0.39 is 11.9 Å². The van der Waals surface area contributed by atoms with Crippen LogP contribution in [0, 0.1) is 11.3 Å². The van der Waals surface area contributed by atoms with Crippen LogP contribution in [0.15, 0.2) is 146 Å². The Bertz CT molecular complexity index is 2390. The van der Waals surface area contributed by atoms with Gasteiger partial charge in [0.2, 0.25) is 5.91 Å². The summed E-state index contributed by atoms with van der Waals surface area (Å²) in [5.74, 6) is -1.32. The lowest BCUT2D eigenvalue weighted by Crippen LogP contribution is -2.10. The summed E-state index contributed by atoms with van der Waals surface area (Å²) in [7, 11) is 0. The van der Waals surface area contributed by atoms with Gasteiger partial charge in [0.05, 0.1) is 39.3 Å². The molecule has 244 valence electrons. The van der Waals surface area contributed by atoms with Gasteiger partial charge >= 0.3 is 5.97 Å². The molecule has 0 spiro atoms. The van der Waals surface area contributed by atoms with Crippen molar-refractivity contribution in [1.29, 1.82) is 5.26 Å². The van der Waals surface area contributed by atoms with Gasteiger partial charge in [0, 0.05) is 58.4 Å². The summed E-state index contributed by atoms with van der Waals surface area (Å²) >= 11 is 0. The maximum Gasteiger partial charge on any atom is 0.335 e. The van der Waals surface area contributed by atoms with Crippen molar-refractivity contribution in [3.05, 3.63) is 168 Å². The Morgan fingerprint density at radius 3 is 1.46 bits per heavy atom. The van der Waals surface area contributed by atoms with Gasteiger partial charge in [-0.2, -0.15) is 5.26 Å². The fraction of sp³-hybridized carbons (Fsp3) is 0.0250. The number of fused-ring (bicyclic) bond motifs is 4. The first kappa shape index (κ1) is 34.3. The van der Waals surface area contributed by atoms with E-state index in [0.29, 0.717) is 23.2 Å². The number of carboxylic acid groups (broad SMARTS) is 1. The maximum atomic E-state index is 10.8. The van der Waals surface area contributed by atoms with Crippen molar-refractivity contribution < 1.29 is 14.7 Å². The predicted molar refractivity (Wildman–Crippen MR) is 195 cm³/mol. The van der Waals surface area contributed by atoms with Gasteiger partial charge < -0.3 is 16.6 Å². The molecule has 0 saturated carbocycles. The molecule has 8 rings (SSSR count). The molecule has 0 aliphatic carbocycles. The molecule has 4 aromatic carbocycles. The van der Waals surface area contributed by atoms with Crippen molar-refractivity contribution in [3.63, 3.8) is 0 Å². The third-order valence-corrected chi connectivity index (χ3v) is 7.37. The number of nitrogens with zero attached hydrogens (tertiary/aromatic N) is 5. The molecule has 0 fully saturated rings. The Kier molecular flexibility index (Phi) is 11.4. The van der Waals surface area contributed by atoms with E-state index in [4.69, 9.17) is 21.8 Å². The molecular weight excluding hydrogens is 626 g/mol. The van der Waals surface area contributed by atoms with Crippen molar-refractivity contribution in [1.82, 2.24) is 19.9 Å². The third-order valence-electron chi connectivity index (χ3n) is 7.37. The molecule has 0 radical (unpaired) electrons. The van der Waals surface area contributed by atoms with Crippen LogP contribution >= 0.6 is 0 Å². The molecule has 50 heavy (non-hydrogen) atoms. The number of amides is 1. The van der Waals surface area contributed by atoms with E-state index in [9.17, 15) is 9.59 Å². The van der Waals surface area contributed by atoms with Crippen molar-refractivity contribution in [2.24, 2.45) is 11.5 Å². The Balaban J connectivity index is 0.000000130. The second kappa shape index (κ2) is 16.6. The highest BCUT2D eigenvalue weighted by molar-refractivity contribution is 5.97. The van der Waals surface area contributed by atoms with Crippen molar-refractivity contribution in [3.8, 4) is 6.07 Å². The smallest absolute Gasteiger partial charge is 0.335 e. The SMILES string of the molecule is N#Cc1ccc2ncccc2c1.NC(=O)c1ccc2ncccc2c1.NCc1ccc2ncccc2c1.O=C(O)c1ccc2ncccc2c1. The molecule has 10 heteroatoms. The molecule has 4 aromatic heterocycles. The van der Waals surface area contributed by atoms with E-state index in [1.165, 1.54) is 0 Å². The lowest BCUT2D eigenvalue weighted by atomic mass is 10.1. The molecule has 0 saturated heterocycles. The van der Waals surface area contributed by atoms with Crippen molar-refractivity contribution in [2.75, 3.05) is 0 Å². The molecule has 0 bridgehead atoms. The number of carbonyl (C=O) groups excluding carboxylic acids is 1. The molecule has 4 heterocycles. The van der Waals surface area contributed by atoms with E-state index in [0.717, 1.165) is 49.2 Å². The average molecular weight is 658 g/mol. The van der Waals surface area contributed by atoms with E-state index in [-0.39, 0.29) is 0 Å². The molecule has 0 aliphatic heterocycles. The number of rotatable bonds is 3. The first-order valence-electron chi connectivity index (χ1n) is 15.4. The van der Waals surface area contributed by atoms with Gasteiger partial charge in [-0.05, 0) is 96.6 Å². The summed E-state index contributed by atoms with van der Waals surface area (Å²) in [6.45, 7) is 0.588. The summed E-state index contributed by atoms with van der Waals surface area (Å²) in [5, 5.41) is 21.3. The lowest BCUT2D eigenvalue weighted by molar-refractivity contribution is 0.0696. The number of hydrogen-bond donors (Lipinski definition) is 3. The van der Waals surface area contributed by atoms with Crippen LogP contribution in [0.2, 0.25) is 0 Å². The van der Waals surface area contributed by atoms with Gasteiger partial charge in [0.1, 0.15) is 0 Å². The second-order valence-corrected chi connectivity index (χ2v) is 10.7. The quantitative estimate of drug-likeness (QED) is 0.179. The number of primary amides is 1. The number of aromatic nitrogens is 4. The first-order valence-corrected chi connectivity index (χ1v) is 15.4. The summed E-state index contributed by atoms with van der Waals surface area (Å²) in [5.41, 5.74) is 16.9. The number of carboxylic acids is 1. The molecule has 0 aliphatic rings. The number of hydrogen-bond acceptors (Lipinski definition) is 8. The minimum Gasteiger partial charge on any atom is -0.478 e. The predicted octanol–water partition coefficient (Wildman–Crippen LogP) is 7.07. The minimum atomic E-state index is -0.911. The maximum absolute atomic E-state index is 10.8. The third kappa shape index (κ3) is 9.04. The molecule has 8 aromatic rings. The molecule has 5 N–H and O–H groups in total. The zero-order valence-electron chi connectivity index (χ0n) is 26.7. The second-order valence-electron chi connectivity index (χ2n) is 10.7. The van der Waals surface area contributed by atoms with Crippen molar-refractivity contribution in [2.45, 2.75) is 6.54 Å². The number of nitriles is 1. The fourth-order valence-electron chi connectivity index (χ4n) is 4.83. The van der Waals surface area contributed by atoms with Crippen LogP contribution < -0.4 is 11.5 Å². The van der Waals surface area contributed by atoms with Crippen LogP contribution in [0.4, 0.5) is 0 Å². The van der Waals surface area contributed by atoms with Crippen LogP contribution in [-0.4, -0.2) is 36.9 Å². The highest BCUT2D eigenvalue weighted by atomic mass is 16.4. The van der Waals surface area contributed by atoms with Gasteiger partial charge in [-0.3, -0.25) is 24.7 Å². The molecule has 0 unspecified atom stereocenters. The van der Waals surface area contributed by atoms with Crippen LogP contribution in [0.1, 0.15) is 31.8 Å². The highest BCUT2D eigenvalue weighted by Crippen LogP contribution is 2.15. The Hall–Kier alpha value is -7.09. The lowest BCUT2D eigenvalue weighted by Gasteiger charge is -1.98. The summed E-state index contributed by atoms with van der Waals surface area (Å²) in [6.07, 6.45) is 6.94. The van der Waals surface area contributed by atoms with Gasteiger partial charge in [0.25, 0.3) is 0 Å². The number of nitrogens with two attached hydrogens (primary N) is 2. The zero-order valence-corrected chi connectivity index (χ0v) is 26.7. The molecule has 10 nitrogen and oxygen atoms in total. The molecule has 1 amide bonds. The van der Waals surface area contributed by atoms with E-state index in [1.54, 1.807) is 73.3 Å². The molecular formula is C40H31N7O3. The highest BCUT2D eigenvalue weighted by Gasteiger charge is 2.03. The number of benzene rings is 4. The van der Waals surface area contributed by atoms with E-state index >= 15 is 0 Å². The van der Waals surface area contributed by atoms with Gasteiger partial charge in [0.15, 0.2) is 0 Å². The normalized spacial score (nSPS) is 10.1. The van der Waals surface area contributed by atoms with Crippen LogP contribution in [0.5, 0.6) is 0 Å². The van der Waals surface area contributed by atoms with Gasteiger partial charge in [-0.25, -0.2) is 4.79 Å². The van der Waals surface area contributed by atoms with E-state index in [2.05, 4.69) is 32.1 Å². The Morgan fingerprint density at radius 2 is 1.00 bits per heavy atom. The number of aromatic carboxylic acids is 1. The number of carbonyl (C=O) groups is 2. The van der Waals surface area contributed by atoms with Crippen molar-refractivity contribution >= 4 is 55.5 Å². The standard InChI is InChI=1S/C10H8N2O.C10H10N2.C10H6N2.C10H7NO2/c11-10(13)8-3-4-9-7(6-8)2-1-5-12-9;2*11-7-8-3-4-10-9(6-8)2-1-5-12-10;12-10(13)8-3-4-9-7(6-8)2-1-5-11-9/h1-6H,(H2,11,13);1-6H,7,11H2;1-6H;1-6H,(H,12,13). The van der Waals surface area contributed by atoms with Crippen LogP contribution in [0.25, 0.3) is 43.6 Å². The molecule has 0 atom stereocenters. The topological polar surface area (TPSA) is 182 Å². The van der Waals surface area contributed by atoms with Crippen LogP contribution in [-0.2, 0) is 6.54 Å². The summed E-state index contributed by atoms with van der Waals surface area (Å²) < 4.78 is 0. The fourth-order valence-corrected chi connectivity index (χ4v) is 4.83. The average Bonchev–Trinajstić information content (AvgIpc) is 3.17. The summed E-state index contributed by atoms with van der Waals surface area (Å²) in [4.78, 5) is 38.1. The Morgan fingerprint density at radius 1 is 0.580 bits per heavy atom. The first-order chi connectivity index (χ1) is 24.3. The number of pyridine rings is 4. The Labute approximate surface area is 287 Å². The largest absolute Gasteiger partial charge is 0.478 e. The monoisotopic (exact) mass is 657 g/mol. The van der Waals surface area contributed by atoms with Gasteiger partial charge in [-0.15, -0.1) is 0 Å². The zero-order chi connectivity index (χ0) is 35.3. The van der Waals surface area contributed by atoms with E-state index in [1.807, 2.05) is 66.7 Å². The summed E-state index contributed by atoms with van der Waals surface area (Å²) in [6, 6.07) is 38.9.